The summed E-state index contributed by atoms with van der Waals surface area (Å²) in [6, 6.07) is 15.4. The lowest BCUT2D eigenvalue weighted by molar-refractivity contribution is 0.322. The minimum atomic E-state index is -2.77. The fourth-order valence-electron chi connectivity index (χ4n) is 1.87. The van der Waals surface area contributed by atoms with Gasteiger partial charge in [0.2, 0.25) is 0 Å². The Bertz CT molecular complexity index is 590. The third-order valence-corrected chi connectivity index (χ3v) is 4.89. The summed E-state index contributed by atoms with van der Waals surface area (Å²) in [5.74, 6) is 1.40. The van der Waals surface area contributed by atoms with E-state index in [1.54, 1.807) is 0 Å². The van der Waals surface area contributed by atoms with E-state index in [9.17, 15) is 0 Å². The monoisotopic (exact) mass is 278 g/mol. The van der Waals surface area contributed by atoms with Crippen LogP contribution in [0.25, 0.3) is 11.1 Å². The number of fused-ring (bicyclic) bond motifs is 3. The van der Waals surface area contributed by atoms with Gasteiger partial charge in [0.1, 0.15) is 11.5 Å². The largest absolute Gasteiger partial charge is 0.434 e. The molecule has 0 amide bonds. The number of hydrogen-bond acceptors (Lipinski definition) is 4. The molecule has 3 rings (SSSR count). The Kier molecular flexibility index (Phi) is 2.86. The molecule has 2 aromatic carbocycles. The zero-order chi connectivity index (χ0) is 12.6. The molecule has 1 heterocycles. The van der Waals surface area contributed by atoms with Crippen LogP contribution in [-0.4, -0.2) is 7.11 Å². The Morgan fingerprint density at radius 1 is 0.889 bits per heavy atom. The van der Waals surface area contributed by atoms with Crippen LogP contribution < -0.4 is 9.05 Å². The summed E-state index contributed by atoms with van der Waals surface area (Å²) >= 11 is 5.34. The molecule has 0 unspecified atom stereocenters. The molecule has 0 saturated heterocycles. The van der Waals surface area contributed by atoms with Crippen LogP contribution in [0.4, 0.5) is 0 Å². The molecule has 5 heteroatoms. The Morgan fingerprint density at radius 2 is 1.33 bits per heavy atom. The van der Waals surface area contributed by atoms with Gasteiger partial charge in [0.25, 0.3) is 0 Å². The first-order chi connectivity index (χ1) is 8.72. The molecular weight excluding hydrogens is 267 g/mol. The molecule has 2 aromatic rings. The van der Waals surface area contributed by atoms with E-state index >= 15 is 0 Å². The smallest absolute Gasteiger partial charge is 0.415 e. The molecule has 0 radical (unpaired) electrons. The van der Waals surface area contributed by atoms with Crippen molar-refractivity contribution in [2.75, 3.05) is 7.11 Å². The van der Waals surface area contributed by atoms with Crippen LogP contribution in [0.5, 0.6) is 11.5 Å². The van der Waals surface area contributed by atoms with Gasteiger partial charge < -0.3 is 9.05 Å². The molecule has 0 saturated carbocycles. The van der Waals surface area contributed by atoms with Crippen LogP contribution in [0.3, 0.4) is 0 Å². The molecular formula is C13H11O3PS. The second kappa shape index (κ2) is 4.39. The minimum absolute atomic E-state index is 0.702. The fraction of sp³-hybridized carbons (Fsp3) is 0.0769. The van der Waals surface area contributed by atoms with Crippen LogP contribution in [0.15, 0.2) is 48.5 Å². The van der Waals surface area contributed by atoms with Crippen LogP contribution in [-0.2, 0) is 16.3 Å². The highest BCUT2D eigenvalue weighted by Crippen LogP contribution is 2.56. The maximum Gasteiger partial charge on any atom is 0.434 e. The van der Waals surface area contributed by atoms with Crippen LogP contribution in [0.2, 0.25) is 0 Å². The van der Waals surface area contributed by atoms with E-state index in [0.29, 0.717) is 11.5 Å². The highest BCUT2D eigenvalue weighted by molar-refractivity contribution is 8.07. The number of para-hydroxylation sites is 2. The average molecular weight is 278 g/mol. The molecule has 0 aliphatic carbocycles. The Morgan fingerprint density at radius 3 is 1.78 bits per heavy atom. The highest BCUT2D eigenvalue weighted by Gasteiger charge is 2.29. The molecule has 0 bridgehead atoms. The summed E-state index contributed by atoms with van der Waals surface area (Å²) < 4.78 is 16.8. The zero-order valence-electron chi connectivity index (χ0n) is 9.70. The van der Waals surface area contributed by atoms with E-state index < -0.39 is 6.72 Å². The second-order valence-electron chi connectivity index (χ2n) is 3.80. The lowest BCUT2D eigenvalue weighted by atomic mass is 10.0. The summed E-state index contributed by atoms with van der Waals surface area (Å²) in [6.07, 6.45) is 0. The van der Waals surface area contributed by atoms with Crippen molar-refractivity contribution >= 4 is 18.5 Å². The van der Waals surface area contributed by atoms with Gasteiger partial charge in [-0.2, -0.15) is 0 Å². The lowest BCUT2D eigenvalue weighted by Gasteiger charge is -2.18. The van der Waals surface area contributed by atoms with Gasteiger partial charge in [0.05, 0.1) is 0 Å². The molecule has 1 aliphatic rings. The third kappa shape index (κ3) is 1.93. The summed E-state index contributed by atoms with van der Waals surface area (Å²) in [6.45, 7) is -2.77. The lowest BCUT2D eigenvalue weighted by Crippen LogP contribution is -2.00. The van der Waals surface area contributed by atoms with Gasteiger partial charge in [-0.3, -0.25) is 4.52 Å². The normalized spacial score (nSPS) is 15.6. The SMILES string of the molecule is COP1(=S)Oc2ccccc2-c2ccccc2O1. The first-order valence-corrected chi connectivity index (χ1v) is 8.01. The summed E-state index contributed by atoms with van der Waals surface area (Å²) in [5.41, 5.74) is 1.94. The van der Waals surface area contributed by atoms with E-state index in [-0.39, 0.29) is 0 Å². The van der Waals surface area contributed by atoms with Gasteiger partial charge in [-0.15, -0.1) is 0 Å². The van der Waals surface area contributed by atoms with Crippen molar-refractivity contribution < 1.29 is 13.6 Å². The van der Waals surface area contributed by atoms with Gasteiger partial charge in [-0.25, -0.2) is 0 Å². The number of rotatable bonds is 1. The van der Waals surface area contributed by atoms with E-state index in [1.807, 2.05) is 48.5 Å². The summed E-state index contributed by atoms with van der Waals surface area (Å²) in [4.78, 5) is 0. The van der Waals surface area contributed by atoms with Gasteiger partial charge in [0.15, 0.2) is 0 Å². The Labute approximate surface area is 111 Å². The molecule has 0 fully saturated rings. The van der Waals surface area contributed by atoms with E-state index in [1.165, 1.54) is 7.11 Å². The first-order valence-electron chi connectivity index (χ1n) is 5.45. The molecule has 3 nitrogen and oxygen atoms in total. The van der Waals surface area contributed by atoms with Crippen LogP contribution >= 0.6 is 6.72 Å². The van der Waals surface area contributed by atoms with E-state index in [0.717, 1.165) is 11.1 Å². The average Bonchev–Trinajstić information content (AvgIpc) is 2.52. The predicted molar refractivity (Wildman–Crippen MR) is 74.4 cm³/mol. The minimum Gasteiger partial charge on any atom is -0.415 e. The van der Waals surface area contributed by atoms with Crippen LogP contribution in [0, 0.1) is 0 Å². The van der Waals surface area contributed by atoms with Crippen molar-refractivity contribution in [3.63, 3.8) is 0 Å². The molecule has 0 aromatic heterocycles. The molecule has 0 atom stereocenters. The van der Waals surface area contributed by atoms with Gasteiger partial charge in [0, 0.05) is 30.0 Å². The zero-order valence-corrected chi connectivity index (χ0v) is 11.4. The fourth-order valence-corrected chi connectivity index (χ4v) is 3.34. The summed E-state index contributed by atoms with van der Waals surface area (Å²) in [5, 5.41) is 0. The highest BCUT2D eigenvalue weighted by atomic mass is 32.5. The third-order valence-electron chi connectivity index (χ3n) is 2.71. The summed E-state index contributed by atoms with van der Waals surface area (Å²) in [7, 11) is 1.51. The number of hydrogen-bond donors (Lipinski definition) is 0. The van der Waals surface area contributed by atoms with Crippen molar-refractivity contribution in [3.8, 4) is 22.6 Å². The van der Waals surface area contributed by atoms with Gasteiger partial charge >= 0.3 is 6.72 Å². The molecule has 18 heavy (non-hydrogen) atoms. The Balaban J connectivity index is 2.28. The second-order valence-corrected chi connectivity index (χ2v) is 6.77. The van der Waals surface area contributed by atoms with Crippen LogP contribution in [0.1, 0.15) is 0 Å². The molecule has 1 aliphatic heterocycles. The number of benzene rings is 2. The first kappa shape index (κ1) is 11.7. The maximum absolute atomic E-state index is 5.76. The van der Waals surface area contributed by atoms with Crippen molar-refractivity contribution in [2.45, 2.75) is 0 Å². The van der Waals surface area contributed by atoms with E-state index in [4.69, 9.17) is 25.4 Å². The van der Waals surface area contributed by atoms with Gasteiger partial charge in [-0.05, 0) is 12.1 Å². The topological polar surface area (TPSA) is 27.7 Å². The van der Waals surface area contributed by atoms with Crippen molar-refractivity contribution in [1.82, 2.24) is 0 Å². The van der Waals surface area contributed by atoms with E-state index in [2.05, 4.69) is 0 Å². The Hall–Kier alpha value is -1.35. The van der Waals surface area contributed by atoms with Crippen molar-refractivity contribution in [1.29, 1.82) is 0 Å². The quantitative estimate of drug-likeness (QED) is 0.737. The van der Waals surface area contributed by atoms with Gasteiger partial charge in [-0.1, -0.05) is 36.4 Å². The maximum atomic E-state index is 5.76. The molecule has 0 N–H and O–H groups in total. The predicted octanol–water partition coefficient (Wildman–Crippen LogP) is 4.00. The molecule has 92 valence electrons. The van der Waals surface area contributed by atoms with Crippen molar-refractivity contribution in [3.05, 3.63) is 48.5 Å². The standard InChI is InChI=1S/C13H11O3PS/c1-14-17(18)15-12-8-4-2-6-10(12)11-7-3-5-9-13(11)16-17/h2-9H,1H3. The molecule has 0 spiro atoms. The van der Waals surface area contributed by atoms with Crippen molar-refractivity contribution in [2.24, 2.45) is 0 Å².